The topological polar surface area (TPSA) is 68.8 Å². The van der Waals surface area contributed by atoms with Gasteiger partial charge in [-0.3, -0.25) is 4.68 Å². The lowest BCUT2D eigenvalue weighted by Crippen LogP contribution is -2.12. The third-order valence-electron chi connectivity index (χ3n) is 1.95. The Balaban J connectivity index is 2.13. The second-order valence-electron chi connectivity index (χ2n) is 3.20. The van der Waals surface area contributed by atoms with Crippen molar-refractivity contribution in [1.82, 2.24) is 25.2 Å². The maximum atomic E-state index is 5.11. The summed E-state index contributed by atoms with van der Waals surface area (Å²) < 4.78 is 6.80. The van der Waals surface area contributed by atoms with Crippen LogP contribution in [-0.2, 0) is 13.6 Å². The molecule has 0 saturated heterocycles. The highest BCUT2D eigenvalue weighted by atomic mass is 16.5. The monoisotopic (exact) mass is 207 g/mol. The minimum absolute atomic E-state index is 0.510. The highest BCUT2D eigenvalue weighted by Crippen LogP contribution is 2.15. The normalized spacial score (nSPS) is 10.8. The first-order valence-electron chi connectivity index (χ1n) is 4.82. The minimum Gasteiger partial charge on any atom is -0.334 e. The van der Waals surface area contributed by atoms with Gasteiger partial charge in [-0.2, -0.15) is 10.1 Å². The fourth-order valence-electron chi connectivity index (χ4n) is 1.21. The van der Waals surface area contributed by atoms with Crippen LogP contribution in [0.4, 0.5) is 0 Å². The molecule has 80 valence electrons. The second-order valence-corrected chi connectivity index (χ2v) is 3.20. The molecule has 2 aromatic heterocycles. The molecule has 0 unspecified atom stereocenters. The van der Waals surface area contributed by atoms with Crippen LogP contribution in [0.3, 0.4) is 0 Å². The Morgan fingerprint density at radius 1 is 1.53 bits per heavy atom. The predicted octanol–water partition coefficient (Wildman–Crippen LogP) is 0.580. The van der Waals surface area contributed by atoms with Gasteiger partial charge in [0.1, 0.15) is 0 Å². The van der Waals surface area contributed by atoms with E-state index >= 15 is 0 Å². The van der Waals surface area contributed by atoms with E-state index in [4.69, 9.17) is 4.52 Å². The number of rotatable bonds is 4. The molecule has 0 spiro atoms. The standard InChI is InChI=1S/C9H13N5O/c1-3-10-5-8-12-9(15-13-8)7-4-11-14(2)6-7/h4,6,10H,3,5H2,1-2H3. The summed E-state index contributed by atoms with van der Waals surface area (Å²) in [7, 11) is 1.85. The van der Waals surface area contributed by atoms with E-state index in [2.05, 4.69) is 20.6 Å². The Hall–Kier alpha value is -1.69. The summed E-state index contributed by atoms with van der Waals surface area (Å²) >= 11 is 0. The molecule has 1 N–H and O–H groups in total. The predicted molar refractivity (Wildman–Crippen MR) is 53.9 cm³/mol. The number of nitrogens with zero attached hydrogens (tertiary/aromatic N) is 4. The molecule has 6 nitrogen and oxygen atoms in total. The van der Waals surface area contributed by atoms with E-state index in [-0.39, 0.29) is 0 Å². The molecule has 0 amide bonds. The van der Waals surface area contributed by atoms with Crippen LogP contribution in [0.25, 0.3) is 11.5 Å². The average molecular weight is 207 g/mol. The van der Waals surface area contributed by atoms with E-state index < -0.39 is 0 Å². The molecular weight excluding hydrogens is 194 g/mol. The number of aryl methyl sites for hydroxylation is 1. The van der Waals surface area contributed by atoms with Crippen LogP contribution in [0.1, 0.15) is 12.7 Å². The molecule has 6 heteroatoms. The molecule has 15 heavy (non-hydrogen) atoms. The number of aromatic nitrogens is 4. The SMILES string of the molecule is CCNCc1noc(-c2cnn(C)c2)n1. The van der Waals surface area contributed by atoms with E-state index in [1.807, 2.05) is 20.2 Å². The van der Waals surface area contributed by atoms with Gasteiger partial charge in [0.25, 0.3) is 5.89 Å². The van der Waals surface area contributed by atoms with Crippen LogP contribution in [0.2, 0.25) is 0 Å². The van der Waals surface area contributed by atoms with Crippen molar-refractivity contribution >= 4 is 0 Å². The summed E-state index contributed by atoms with van der Waals surface area (Å²) in [6, 6.07) is 0. The molecule has 0 saturated carbocycles. The van der Waals surface area contributed by atoms with Crippen molar-refractivity contribution in [2.45, 2.75) is 13.5 Å². The summed E-state index contributed by atoms with van der Waals surface area (Å²) in [5.41, 5.74) is 0.841. The van der Waals surface area contributed by atoms with Gasteiger partial charge in [-0.1, -0.05) is 12.1 Å². The zero-order valence-corrected chi connectivity index (χ0v) is 8.77. The molecular formula is C9H13N5O. The van der Waals surface area contributed by atoms with Crippen LogP contribution in [0.5, 0.6) is 0 Å². The van der Waals surface area contributed by atoms with Crippen LogP contribution in [0, 0.1) is 0 Å². The molecule has 0 atom stereocenters. The van der Waals surface area contributed by atoms with Crippen molar-refractivity contribution in [2.75, 3.05) is 6.54 Å². The maximum Gasteiger partial charge on any atom is 0.261 e. The van der Waals surface area contributed by atoms with E-state index in [0.717, 1.165) is 12.1 Å². The largest absolute Gasteiger partial charge is 0.334 e. The van der Waals surface area contributed by atoms with Gasteiger partial charge in [-0.15, -0.1) is 0 Å². The number of nitrogens with one attached hydrogen (secondary N) is 1. The first-order chi connectivity index (χ1) is 7.29. The lowest BCUT2D eigenvalue weighted by Gasteiger charge is -1.92. The number of hydrogen-bond acceptors (Lipinski definition) is 5. The highest BCUT2D eigenvalue weighted by Gasteiger charge is 2.09. The van der Waals surface area contributed by atoms with Crippen molar-refractivity contribution in [3.63, 3.8) is 0 Å². The van der Waals surface area contributed by atoms with E-state index in [9.17, 15) is 0 Å². The van der Waals surface area contributed by atoms with E-state index in [0.29, 0.717) is 18.3 Å². The smallest absolute Gasteiger partial charge is 0.261 e. The van der Waals surface area contributed by atoms with Crippen molar-refractivity contribution in [3.05, 3.63) is 18.2 Å². The van der Waals surface area contributed by atoms with Crippen LogP contribution in [-0.4, -0.2) is 26.5 Å². The molecule has 2 aromatic rings. The summed E-state index contributed by atoms with van der Waals surface area (Å²) in [4.78, 5) is 4.24. The molecule has 2 heterocycles. The molecule has 0 aliphatic carbocycles. The van der Waals surface area contributed by atoms with Gasteiger partial charge < -0.3 is 9.84 Å². The van der Waals surface area contributed by atoms with E-state index in [1.165, 1.54) is 0 Å². The van der Waals surface area contributed by atoms with Gasteiger partial charge in [0.15, 0.2) is 5.82 Å². The van der Waals surface area contributed by atoms with Crippen LogP contribution >= 0.6 is 0 Å². The van der Waals surface area contributed by atoms with Gasteiger partial charge in [0.2, 0.25) is 0 Å². The van der Waals surface area contributed by atoms with E-state index in [1.54, 1.807) is 10.9 Å². The summed E-state index contributed by atoms with van der Waals surface area (Å²) in [6.45, 7) is 3.54. The number of hydrogen-bond donors (Lipinski definition) is 1. The third-order valence-corrected chi connectivity index (χ3v) is 1.95. The quantitative estimate of drug-likeness (QED) is 0.794. The molecule has 0 bridgehead atoms. The fourth-order valence-corrected chi connectivity index (χ4v) is 1.21. The average Bonchev–Trinajstić information content (AvgIpc) is 2.83. The fraction of sp³-hybridized carbons (Fsp3) is 0.444. The zero-order chi connectivity index (χ0) is 10.7. The van der Waals surface area contributed by atoms with Gasteiger partial charge in [-0.05, 0) is 6.54 Å². The first kappa shape index (κ1) is 9.85. The summed E-state index contributed by atoms with van der Waals surface area (Å²) in [5, 5.41) is 11.0. The maximum absolute atomic E-state index is 5.11. The molecule has 0 radical (unpaired) electrons. The van der Waals surface area contributed by atoms with Crippen molar-refractivity contribution in [2.24, 2.45) is 7.05 Å². The minimum atomic E-state index is 0.510. The molecule has 0 aliphatic rings. The molecule has 2 rings (SSSR count). The summed E-state index contributed by atoms with van der Waals surface area (Å²) in [6.07, 6.45) is 3.54. The van der Waals surface area contributed by atoms with Gasteiger partial charge in [0.05, 0.1) is 18.3 Å². The third kappa shape index (κ3) is 2.21. The summed E-state index contributed by atoms with van der Waals surface area (Å²) in [5.74, 6) is 1.17. The van der Waals surface area contributed by atoms with Crippen molar-refractivity contribution in [3.8, 4) is 11.5 Å². The van der Waals surface area contributed by atoms with Crippen LogP contribution in [0.15, 0.2) is 16.9 Å². The van der Waals surface area contributed by atoms with Crippen molar-refractivity contribution in [1.29, 1.82) is 0 Å². The van der Waals surface area contributed by atoms with Crippen molar-refractivity contribution < 1.29 is 4.52 Å². The lowest BCUT2D eigenvalue weighted by molar-refractivity contribution is 0.420. The second kappa shape index (κ2) is 4.22. The Labute approximate surface area is 87.3 Å². The van der Waals surface area contributed by atoms with Gasteiger partial charge in [-0.25, -0.2) is 0 Å². The molecule has 0 aliphatic heterocycles. The Morgan fingerprint density at radius 3 is 3.07 bits per heavy atom. The Kier molecular flexibility index (Phi) is 2.77. The Bertz CT molecular complexity index is 433. The van der Waals surface area contributed by atoms with Gasteiger partial charge >= 0.3 is 0 Å². The zero-order valence-electron chi connectivity index (χ0n) is 8.77. The molecule has 0 aromatic carbocycles. The highest BCUT2D eigenvalue weighted by molar-refractivity contribution is 5.49. The first-order valence-corrected chi connectivity index (χ1v) is 4.82. The lowest BCUT2D eigenvalue weighted by atomic mass is 10.4. The van der Waals surface area contributed by atoms with Gasteiger partial charge in [0, 0.05) is 13.2 Å². The Morgan fingerprint density at radius 2 is 2.40 bits per heavy atom. The van der Waals surface area contributed by atoms with Crippen LogP contribution < -0.4 is 5.32 Å². The molecule has 0 fully saturated rings.